The van der Waals surface area contributed by atoms with Gasteiger partial charge < -0.3 is 10.1 Å². The molecule has 0 saturated carbocycles. The summed E-state index contributed by atoms with van der Waals surface area (Å²) in [4.78, 5) is 22.1. The number of aromatic amines is 1. The van der Waals surface area contributed by atoms with Crippen molar-refractivity contribution in [2.45, 2.75) is 13.3 Å². The van der Waals surface area contributed by atoms with Crippen molar-refractivity contribution >= 4 is 5.82 Å². The lowest BCUT2D eigenvalue weighted by atomic mass is 10.1. The standard InChI is InChI=1S/C7H6F2N2O3/c1-3-2-4(11(13)14)10-7(12)5(3)6(8)9/h2,6H,1H3,(H,10,12). The molecule has 0 fully saturated rings. The van der Waals surface area contributed by atoms with E-state index < -0.39 is 28.3 Å². The number of H-pyrrole nitrogens is 1. The summed E-state index contributed by atoms with van der Waals surface area (Å²) in [6.07, 6.45) is -2.93. The lowest BCUT2D eigenvalue weighted by Crippen LogP contribution is -2.16. The second kappa shape index (κ2) is 3.52. The van der Waals surface area contributed by atoms with Crippen molar-refractivity contribution in [3.63, 3.8) is 0 Å². The molecule has 5 nitrogen and oxygen atoms in total. The van der Waals surface area contributed by atoms with Gasteiger partial charge in [0.1, 0.15) is 5.56 Å². The van der Waals surface area contributed by atoms with Crippen molar-refractivity contribution in [3.05, 3.63) is 37.7 Å². The van der Waals surface area contributed by atoms with Crippen LogP contribution in [0.1, 0.15) is 17.6 Å². The molecule has 14 heavy (non-hydrogen) atoms. The fourth-order valence-corrected chi connectivity index (χ4v) is 1.05. The molecule has 1 rings (SSSR count). The second-order valence-corrected chi connectivity index (χ2v) is 2.64. The molecular formula is C7H6F2N2O3. The van der Waals surface area contributed by atoms with Gasteiger partial charge in [-0.2, -0.15) is 0 Å². The van der Waals surface area contributed by atoms with E-state index >= 15 is 0 Å². The average Bonchev–Trinajstić information content (AvgIpc) is 2.01. The van der Waals surface area contributed by atoms with Crippen LogP contribution in [0.2, 0.25) is 0 Å². The van der Waals surface area contributed by atoms with Crippen LogP contribution in [0.15, 0.2) is 10.9 Å². The monoisotopic (exact) mass is 204 g/mol. The summed E-state index contributed by atoms with van der Waals surface area (Å²) in [5.74, 6) is -0.586. The molecule has 0 bridgehead atoms. The normalized spacial score (nSPS) is 10.6. The zero-order valence-electron chi connectivity index (χ0n) is 7.08. The third-order valence-corrected chi connectivity index (χ3v) is 1.68. The predicted octanol–water partition coefficient (Wildman–Crippen LogP) is 1.53. The Morgan fingerprint density at radius 2 is 2.14 bits per heavy atom. The topological polar surface area (TPSA) is 76.0 Å². The van der Waals surface area contributed by atoms with E-state index in [4.69, 9.17) is 0 Å². The Hall–Kier alpha value is -1.79. The van der Waals surface area contributed by atoms with E-state index in [-0.39, 0.29) is 5.56 Å². The largest absolute Gasteiger partial charge is 0.358 e. The number of hydrogen-bond donors (Lipinski definition) is 1. The van der Waals surface area contributed by atoms with Crippen LogP contribution in [-0.2, 0) is 0 Å². The number of nitrogens with zero attached hydrogens (tertiary/aromatic N) is 1. The van der Waals surface area contributed by atoms with Crippen LogP contribution in [0.3, 0.4) is 0 Å². The molecule has 0 aliphatic rings. The molecule has 0 radical (unpaired) electrons. The summed E-state index contributed by atoms with van der Waals surface area (Å²) < 4.78 is 24.5. The average molecular weight is 204 g/mol. The Balaban J connectivity index is 3.40. The van der Waals surface area contributed by atoms with E-state index in [1.165, 1.54) is 6.92 Å². The van der Waals surface area contributed by atoms with Gasteiger partial charge in [-0.3, -0.25) is 0 Å². The first kappa shape index (κ1) is 10.3. The number of rotatable bonds is 2. The number of nitro groups is 1. The summed E-state index contributed by atoms with van der Waals surface area (Å²) in [7, 11) is 0. The molecule has 1 N–H and O–H groups in total. The maximum atomic E-state index is 12.2. The summed E-state index contributed by atoms with van der Waals surface area (Å²) >= 11 is 0. The van der Waals surface area contributed by atoms with Crippen molar-refractivity contribution in [3.8, 4) is 0 Å². The molecule has 0 unspecified atom stereocenters. The summed E-state index contributed by atoms with van der Waals surface area (Å²) in [5, 5.41) is 10.2. The lowest BCUT2D eigenvalue weighted by molar-refractivity contribution is -0.389. The molecule has 1 aromatic rings. The van der Waals surface area contributed by atoms with E-state index in [9.17, 15) is 23.7 Å². The van der Waals surface area contributed by atoms with Gasteiger partial charge >= 0.3 is 11.4 Å². The number of nitrogens with one attached hydrogen (secondary N) is 1. The van der Waals surface area contributed by atoms with Gasteiger partial charge in [0.2, 0.25) is 0 Å². The third kappa shape index (κ3) is 1.76. The van der Waals surface area contributed by atoms with Crippen LogP contribution in [0.4, 0.5) is 14.6 Å². The van der Waals surface area contributed by atoms with Crippen molar-refractivity contribution in [2.75, 3.05) is 0 Å². The Labute approximate surface area is 76.5 Å². The molecular weight excluding hydrogens is 198 g/mol. The molecule has 0 saturated heterocycles. The fraction of sp³-hybridized carbons (Fsp3) is 0.286. The first-order chi connectivity index (χ1) is 6.43. The number of aryl methyl sites for hydroxylation is 1. The van der Waals surface area contributed by atoms with E-state index in [2.05, 4.69) is 0 Å². The van der Waals surface area contributed by atoms with Gasteiger partial charge in [-0.05, 0) is 17.4 Å². The maximum absolute atomic E-state index is 12.2. The molecule has 76 valence electrons. The molecule has 7 heteroatoms. The number of halogens is 2. The molecule has 0 amide bonds. The first-order valence-corrected chi connectivity index (χ1v) is 3.60. The van der Waals surface area contributed by atoms with Gasteiger partial charge in [0.25, 0.3) is 6.43 Å². The number of aromatic nitrogens is 1. The van der Waals surface area contributed by atoms with E-state index in [0.29, 0.717) is 0 Å². The molecule has 1 heterocycles. The molecule has 0 aliphatic heterocycles. The van der Waals surface area contributed by atoms with Crippen molar-refractivity contribution < 1.29 is 13.7 Å². The minimum absolute atomic E-state index is 0.0875. The maximum Gasteiger partial charge on any atom is 0.341 e. The summed E-state index contributed by atoms with van der Waals surface area (Å²) in [6, 6.07) is 0.906. The Morgan fingerprint density at radius 1 is 1.57 bits per heavy atom. The molecule has 0 spiro atoms. The number of pyridine rings is 1. The second-order valence-electron chi connectivity index (χ2n) is 2.64. The van der Waals surface area contributed by atoms with Crippen LogP contribution < -0.4 is 5.56 Å². The molecule has 0 aromatic carbocycles. The smallest absolute Gasteiger partial charge is 0.341 e. The molecule has 0 aliphatic carbocycles. The zero-order valence-corrected chi connectivity index (χ0v) is 7.08. The summed E-state index contributed by atoms with van der Waals surface area (Å²) in [5.41, 5.74) is -1.93. The third-order valence-electron chi connectivity index (χ3n) is 1.68. The van der Waals surface area contributed by atoms with Gasteiger partial charge in [-0.15, -0.1) is 0 Å². The summed E-state index contributed by atoms with van der Waals surface area (Å²) in [6.45, 7) is 1.23. The highest BCUT2D eigenvalue weighted by Gasteiger charge is 2.20. The molecule has 1 aromatic heterocycles. The van der Waals surface area contributed by atoms with Crippen LogP contribution in [-0.4, -0.2) is 9.91 Å². The first-order valence-electron chi connectivity index (χ1n) is 3.60. The Morgan fingerprint density at radius 3 is 2.50 bits per heavy atom. The SMILES string of the molecule is Cc1cc([N+](=O)[O-])[nH]c(=O)c1C(F)F. The highest BCUT2D eigenvalue weighted by molar-refractivity contribution is 5.32. The van der Waals surface area contributed by atoms with Crippen LogP contribution in [0, 0.1) is 17.0 Å². The van der Waals surface area contributed by atoms with Gasteiger partial charge in [-0.25, -0.2) is 18.6 Å². The van der Waals surface area contributed by atoms with Crippen molar-refractivity contribution in [1.82, 2.24) is 4.98 Å². The van der Waals surface area contributed by atoms with E-state index in [0.717, 1.165) is 6.07 Å². The Kier molecular flexibility index (Phi) is 2.59. The van der Waals surface area contributed by atoms with Crippen molar-refractivity contribution in [1.29, 1.82) is 0 Å². The molecule has 0 atom stereocenters. The fourth-order valence-electron chi connectivity index (χ4n) is 1.05. The minimum Gasteiger partial charge on any atom is -0.358 e. The quantitative estimate of drug-likeness (QED) is 0.586. The minimum atomic E-state index is -2.93. The lowest BCUT2D eigenvalue weighted by Gasteiger charge is -2.01. The van der Waals surface area contributed by atoms with E-state index in [1.54, 1.807) is 4.98 Å². The Bertz CT molecular complexity index is 427. The number of hydrogen-bond acceptors (Lipinski definition) is 3. The van der Waals surface area contributed by atoms with E-state index in [1.807, 2.05) is 0 Å². The van der Waals surface area contributed by atoms with Crippen LogP contribution >= 0.6 is 0 Å². The zero-order chi connectivity index (χ0) is 10.9. The highest BCUT2D eigenvalue weighted by Crippen LogP contribution is 2.20. The van der Waals surface area contributed by atoms with Crippen molar-refractivity contribution in [2.24, 2.45) is 0 Å². The highest BCUT2D eigenvalue weighted by atomic mass is 19.3. The predicted molar refractivity (Wildman–Crippen MR) is 43.4 cm³/mol. The van der Waals surface area contributed by atoms with Gasteiger partial charge in [-0.1, -0.05) is 0 Å². The number of alkyl halides is 2. The van der Waals surface area contributed by atoms with Gasteiger partial charge in [0.15, 0.2) is 0 Å². The van der Waals surface area contributed by atoms with Crippen LogP contribution in [0.5, 0.6) is 0 Å². The van der Waals surface area contributed by atoms with Gasteiger partial charge in [0.05, 0.1) is 0 Å². The van der Waals surface area contributed by atoms with Crippen LogP contribution in [0.25, 0.3) is 0 Å². The van der Waals surface area contributed by atoms with Gasteiger partial charge in [0, 0.05) is 6.07 Å².